The molecule has 0 aliphatic carbocycles. The lowest BCUT2D eigenvalue weighted by atomic mass is 10.5. The highest BCUT2D eigenvalue weighted by atomic mass is 16.6. The van der Waals surface area contributed by atoms with Gasteiger partial charge < -0.3 is 5.21 Å². The molecule has 4 heteroatoms. The Morgan fingerprint density at radius 1 is 1.89 bits per heavy atom. The van der Waals surface area contributed by atoms with Crippen molar-refractivity contribution in [2.24, 2.45) is 0 Å². The molecule has 0 aromatic rings. The number of urea groups is 1. The van der Waals surface area contributed by atoms with Gasteiger partial charge in [-0.05, 0) is 0 Å². The molecule has 1 N–H and O–H groups in total. The topological polar surface area (TPSA) is 52.2 Å². The zero-order valence-electron chi connectivity index (χ0n) is 5.09. The van der Waals surface area contributed by atoms with Crippen LogP contribution in [0.4, 0.5) is 4.79 Å². The first-order valence-corrected chi connectivity index (χ1v) is 2.85. The molecule has 1 heterocycles. The Balaban J connectivity index is 2.67. The van der Waals surface area contributed by atoms with Crippen molar-refractivity contribution >= 4 is 6.03 Å². The Hall–Kier alpha value is -0.610. The van der Waals surface area contributed by atoms with Crippen LogP contribution in [0.15, 0.2) is 0 Å². The summed E-state index contributed by atoms with van der Waals surface area (Å²) in [5, 5.41) is 13.5. The van der Waals surface area contributed by atoms with E-state index in [1.807, 2.05) is 0 Å². The number of rotatable bonds is 1. The van der Waals surface area contributed by atoms with Crippen molar-refractivity contribution in [2.45, 2.75) is 0 Å². The third kappa shape index (κ3) is 0.906. The number of carbonyl (C=O) groups is 1. The van der Waals surface area contributed by atoms with Crippen LogP contribution in [-0.2, 0) is 0 Å². The zero-order chi connectivity index (χ0) is 6.91. The molecule has 9 heavy (non-hydrogen) atoms. The Labute approximate surface area is 53.6 Å². The molecule has 1 aliphatic rings. The SMILES string of the molecule is [CH2]C[N+]1([O-])CCNC1=O. The molecule has 0 saturated carbocycles. The summed E-state index contributed by atoms with van der Waals surface area (Å²) in [5.41, 5.74) is 0. The molecule has 0 bridgehead atoms. The average molecular weight is 129 g/mol. The van der Waals surface area contributed by atoms with Gasteiger partial charge in [0, 0.05) is 6.92 Å². The molecule has 1 fully saturated rings. The summed E-state index contributed by atoms with van der Waals surface area (Å²) >= 11 is 0. The van der Waals surface area contributed by atoms with E-state index in [2.05, 4.69) is 12.2 Å². The third-order valence-electron chi connectivity index (χ3n) is 1.48. The molecular weight excluding hydrogens is 120 g/mol. The summed E-state index contributed by atoms with van der Waals surface area (Å²) in [5.74, 6) is 0. The summed E-state index contributed by atoms with van der Waals surface area (Å²) < 4.78 is -0.806. The van der Waals surface area contributed by atoms with Crippen LogP contribution in [0.1, 0.15) is 0 Å². The molecule has 51 valence electrons. The minimum absolute atomic E-state index is 0.0891. The minimum Gasteiger partial charge on any atom is -0.624 e. The maximum Gasteiger partial charge on any atom is 0.416 e. The predicted octanol–water partition coefficient (Wildman–Crippen LogP) is -0.142. The monoisotopic (exact) mass is 129 g/mol. The van der Waals surface area contributed by atoms with Crippen molar-refractivity contribution in [3.8, 4) is 0 Å². The van der Waals surface area contributed by atoms with Crippen LogP contribution in [-0.4, -0.2) is 30.3 Å². The summed E-state index contributed by atoms with van der Waals surface area (Å²) in [6.45, 7) is 4.28. The molecule has 1 aliphatic heterocycles. The van der Waals surface area contributed by atoms with Gasteiger partial charge in [-0.3, -0.25) is 9.96 Å². The lowest BCUT2D eigenvalue weighted by Crippen LogP contribution is -2.44. The van der Waals surface area contributed by atoms with E-state index in [4.69, 9.17) is 0 Å². The fraction of sp³-hybridized carbons (Fsp3) is 0.600. The highest BCUT2D eigenvalue weighted by Crippen LogP contribution is 2.07. The first-order valence-electron chi connectivity index (χ1n) is 2.85. The molecule has 1 saturated heterocycles. The van der Waals surface area contributed by atoms with Gasteiger partial charge in [0.15, 0.2) is 0 Å². The maximum absolute atomic E-state index is 11.1. The molecule has 1 rings (SSSR count). The van der Waals surface area contributed by atoms with Crippen molar-refractivity contribution in [1.82, 2.24) is 5.32 Å². The van der Waals surface area contributed by atoms with Crippen LogP contribution in [0.25, 0.3) is 0 Å². The first kappa shape index (κ1) is 6.51. The Morgan fingerprint density at radius 2 is 2.56 bits per heavy atom. The van der Waals surface area contributed by atoms with E-state index >= 15 is 0 Å². The van der Waals surface area contributed by atoms with Crippen LogP contribution in [0, 0.1) is 12.1 Å². The van der Waals surface area contributed by atoms with Gasteiger partial charge in [-0.2, -0.15) is 0 Å². The van der Waals surface area contributed by atoms with Gasteiger partial charge in [0.2, 0.25) is 0 Å². The third-order valence-corrected chi connectivity index (χ3v) is 1.48. The molecule has 0 aromatic heterocycles. The lowest BCUT2D eigenvalue weighted by molar-refractivity contribution is -0.782. The molecule has 0 aromatic carbocycles. The van der Waals surface area contributed by atoms with Crippen LogP contribution in [0.3, 0.4) is 0 Å². The zero-order valence-corrected chi connectivity index (χ0v) is 5.09. The number of nitrogens with zero attached hydrogens (tertiary/aromatic N) is 1. The number of carbonyl (C=O) groups excluding carboxylic acids is 1. The van der Waals surface area contributed by atoms with Crippen molar-refractivity contribution in [3.63, 3.8) is 0 Å². The second-order valence-electron chi connectivity index (χ2n) is 2.07. The van der Waals surface area contributed by atoms with Crippen LogP contribution in [0.2, 0.25) is 0 Å². The molecular formula is C5H9N2O2. The Morgan fingerprint density at radius 3 is 2.78 bits per heavy atom. The molecule has 1 radical (unpaired) electrons. The van der Waals surface area contributed by atoms with Gasteiger partial charge in [0.05, 0.1) is 13.1 Å². The van der Waals surface area contributed by atoms with Crippen molar-refractivity contribution in [3.05, 3.63) is 12.1 Å². The largest absolute Gasteiger partial charge is 0.624 e. The summed E-state index contributed by atoms with van der Waals surface area (Å²) in [6.07, 6.45) is 0. The number of hydrogen-bond acceptors (Lipinski definition) is 2. The van der Waals surface area contributed by atoms with E-state index in [0.717, 1.165) is 0 Å². The van der Waals surface area contributed by atoms with E-state index in [9.17, 15) is 10.0 Å². The summed E-state index contributed by atoms with van der Waals surface area (Å²) in [4.78, 5) is 10.6. The maximum atomic E-state index is 11.1. The minimum atomic E-state index is -0.806. The highest BCUT2D eigenvalue weighted by molar-refractivity contribution is 5.68. The van der Waals surface area contributed by atoms with Crippen LogP contribution >= 0.6 is 0 Å². The normalized spacial score (nSPS) is 34.7. The second-order valence-corrected chi connectivity index (χ2v) is 2.07. The van der Waals surface area contributed by atoms with E-state index in [1.54, 1.807) is 0 Å². The molecule has 1 atom stereocenters. The standard InChI is InChI=1S/C5H9N2O2/c1-2-7(9)4-3-6-5(7)8/h1-4H2,(H,6,8). The molecule has 1 unspecified atom stereocenters. The first-order chi connectivity index (χ1) is 4.19. The van der Waals surface area contributed by atoms with Crippen molar-refractivity contribution < 1.29 is 9.44 Å². The second kappa shape index (κ2) is 1.97. The predicted molar refractivity (Wildman–Crippen MR) is 32.1 cm³/mol. The van der Waals surface area contributed by atoms with Gasteiger partial charge in [0.1, 0.15) is 6.54 Å². The van der Waals surface area contributed by atoms with E-state index in [-0.39, 0.29) is 6.54 Å². The number of hydrogen-bond donors (Lipinski definition) is 1. The summed E-state index contributed by atoms with van der Waals surface area (Å²) in [7, 11) is 0. The van der Waals surface area contributed by atoms with Gasteiger partial charge in [-0.25, -0.2) is 4.79 Å². The molecule has 0 spiro atoms. The fourth-order valence-electron chi connectivity index (χ4n) is 0.802. The lowest BCUT2D eigenvalue weighted by Gasteiger charge is -2.31. The molecule has 2 amide bonds. The van der Waals surface area contributed by atoms with Crippen molar-refractivity contribution in [1.29, 1.82) is 0 Å². The van der Waals surface area contributed by atoms with Crippen LogP contribution < -0.4 is 5.32 Å². The van der Waals surface area contributed by atoms with Crippen LogP contribution in [0.5, 0.6) is 0 Å². The van der Waals surface area contributed by atoms with Gasteiger partial charge in [-0.15, -0.1) is 0 Å². The fourth-order valence-corrected chi connectivity index (χ4v) is 0.802. The molecule has 4 nitrogen and oxygen atoms in total. The summed E-state index contributed by atoms with van der Waals surface area (Å²) in [6, 6.07) is -0.454. The smallest absolute Gasteiger partial charge is 0.416 e. The van der Waals surface area contributed by atoms with Gasteiger partial charge in [-0.1, -0.05) is 0 Å². The van der Waals surface area contributed by atoms with Gasteiger partial charge in [0.25, 0.3) is 0 Å². The number of nitrogens with one attached hydrogen (secondary N) is 1. The average Bonchev–Trinajstić information content (AvgIpc) is 2.15. The number of amides is 2. The highest BCUT2D eigenvalue weighted by Gasteiger charge is 2.30. The van der Waals surface area contributed by atoms with E-state index in [1.165, 1.54) is 0 Å². The quantitative estimate of drug-likeness (QED) is 0.395. The Kier molecular flexibility index (Phi) is 1.42. The van der Waals surface area contributed by atoms with Crippen molar-refractivity contribution in [2.75, 3.05) is 19.6 Å². The number of quaternary nitrogens is 1. The number of hydroxylamine groups is 3. The van der Waals surface area contributed by atoms with Gasteiger partial charge >= 0.3 is 6.03 Å². The van der Waals surface area contributed by atoms with E-state index in [0.29, 0.717) is 13.1 Å². The van der Waals surface area contributed by atoms with E-state index < -0.39 is 10.7 Å². The Bertz CT molecular complexity index is 137.